The van der Waals surface area contributed by atoms with Gasteiger partial charge in [-0.1, -0.05) is 12.1 Å². The van der Waals surface area contributed by atoms with Gasteiger partial charge in [-0.25, -0.2) is 9.37 Å². The highest BCUT2D eigenvalue weighted by Gasteiger charge is 2.08. The number of nitrogens with zero attached hydrogens (tertiary/aromatic N) is 1. The largest absolute Gasteiger partial charge is 0.448 e. The van der Waals surface area contributed by atoms with Crippen LogP contribution in [-0.2, 0) is 6.42 Å². The zero-order valence-electron chi connectivity index (χ0n) is 8.74. The Labute approximate surface area is 91.9 Å². The van der Waals surface area contributed by atoms with Gasteiger partial charge < -0.3 is 4.42 Å². The van der Waals surface area contributed by atoms with Crippen LogP contribution >= 0.6 is 0 Å². The minimum Gasteiger partial charge on any atom is -0.448 e. The average molecular weight is 219 g/mol. The molecule has 0 unspecified atom stereocenters. The van der Waals surface area contributed by atoms with E-state index in [4.69, 9.17) is 4.42 Å². The minimum absolute atomic E-state index is 0.144. The standard InChI is InChI=1S/C12H10FNO2/c1-8(15)11-7-16-12(14-11)6-9-3-2-4-10(13)5-9/h2-5,7H,6H2,1H3. The lowest BCUT2D eigenvalue weighted by Crippen LogP contribution is -1.94. The highest BCUT2D eigenvalue weighted by molar-refractivity contribution is 5.91. The lowest BCUT2D eigenvalue weighted by atomic mass is 10.1. The fraction of sp³-hybridized carbons (Fsp3) is 0.167. The van der Waals surface area contributed by atoms with E-state index in [1.165, 1.54) is 25.3 Å². The predicted octanol–water partition coefficient (Wildman–Crippen LogP) is 2.61. The second-order valence-electron chi connectivity index (χ2n) is 3.49. The fourth-order valence-electron chi connectivity index (χ4n) is 1.38. The van der Waals surface area contributed by atoms with Gasteiger partial charge in [-0.2, -0.15) is 0 Å². The van der Waals surface area contributed by atoms with Gasteiger partial charge in [0.25, 0.3) is 0 Å². The van der Waals surface area contributed by atoms with Crippen LogP contribution in [0.15, 0.2) is 34.9 Å². The Morgan fingerprint density at radius 1 is 1.50 bits per heavy atom. The van der Waals surface area contributed by atoms with Gasteiger partial charge in [0.05, 0.1) is 0 Å². The van der Waals surface area contributed by atoms with Gasteiger partial charge in [-0.3, -0.25) is 4.79 Å². The number of Topliss-reactive ketones (excluding diaryl/α,β-unsaturated/α-hetero) is 1. The van der Waals surface area contributed by atoms with Crippen LogP contribution in [0.2, 0.25) is 0 Å². The number of oxazole rings is 1. The summed E-state index contributed by atoms with van der Waals surface area (Å²) in [5.74, 6) is -0.0270. The van der Waals surface area contributed by atoms with Gasteiger partial charge >= 0.3 is 0 Å². The second kappa shape index (κ2) is 4.26. The van der Waals surface area contributed by atoms with E-state index >= 15 is 0 Å². The highest BCUT2D eigenvalue weighted by atomic mass is 19.1. The van der Waals surface area contributed by atoms with E-state index in [2.05, 4.69) is 4.98 Å². The fourth-order valence-corrected chi connectivity index (χ4v) is 1.38. The lowest BCUT2D eigenvalue weighted by Gasteiger charge is -1.96. The third-order valence-electron chi connectivity index (χ3n) is 2.16. The predicted molar refractivity (Wildman–Crippen MR) is 55.7 cm³/mol. The van der Waals surface area contributed by atoms with Crippen LogP contribution in [0.5, 0.6) is 0 Å². The topological polar surface area (TPSA) is 43.1 Å². The lowest BCUT2D eigenvalue weighted by molar-refractivity contribution is 0.101. The molecule has 2 rings (SSSR count). The molecule has 4 heteroatoms. The van der Waals surface area contributed by atoms with Crippen LogP contribution in [0, 0.1) is 5.82 Å². The number of carbonyl (C=O) groups is 1. The van der Waals surface area contributed by atoms with E-state index in [-0.39, 0.29) is 11.6 Å². The maximum absolute atomic E-state index is 12.9. The SMILES string of the molecule is CC(=O)c1coc(Cc2cccc(F)c2)n1. The summed E-state index contributed by atoms with van der Waals surface area (Å²) >= 11 is 0. The molecule has 0 atom stereocenters. The third-order valence-corrected chi connectivity index (χ3v) is 2.16. The van der Waals surface area contributed by atoms with Crippen molar-refractivity contribution in [3.63, 3.8) is 0 Å². The van der Waals surface area contributed by atoms with Crippen molar-refractivity contribution in [2.45, 2.75) is 13.3 Å². The smallest absolute Gasteiger partial charge is 0.199 e. The zero-order chi connectivity index (χ0) is 11.5. The molecule has 0 saturated heterocycles. The van der Waals surface area contributed by atoms with Crippen molar-refractivity contribution in [3.05, 3.63) is 53.5 Å². The third kappa shape index (κ3) is 2.34. The molecule has 82 valence electrons. The zero-order valence-corrected chi connectivity index (χ0v) is 8.74. The van der Waals surface area contributed by atoms with Crippen molar-refractivity contribution in [1.82, 2.24) is 4.98 Å². The van der Waals surface area contributed by atoms with Crippen LogP contribution in [0.1, 0.15) is 28.9 Å². The van der Waals surface area contributed by atoms with Crippen molar-refractivity contribution in [1.29, 1.82) is 0 Å². The summed E-state index contributed by atoms with van der Waals surface area (Å²) in [4.78, 5) is 15.0. The van der Waals surface area contributed by atoms with E-state index in [9.17, 15) is 9.18 Å². The molecular formula is C12H10FNO2. The Morgan fingerprint density at radius 3 is 2.94 bits per heavy atom. The molecule has 0 aliphatic heterocycles. The van der Waals surface area contributed by atoms with Crippen molar-refractivity contribution in [3.8, 4) is 0 Å². The molecule has 16 heavy (non-hydrogen) atoms. The summed E-state index contributed by atoms with van der Waals surface area (Å²) in [7, 11) is 0. The Kier molecular flexibility index (Phi) is 2.81. The molecule has 0 aliphatic rings. The van der Waals surface area contributed by atoms with Crippen LogP contribution in [0.3, 0.4) is 0 Å². The quantitative estimate of drug-likeness (QED) is 0.745. The Bertz CT molecular complexity index is 519. The molecule has 0 bridgehead atoms. The molecule has 1 aromatic heterocycles. The molecule has 1 heterocycles. The normalized spacial score (nSPS) is 10.4. The molecule has 3 nitrogen and oxygen atoms in total. The summed E-state index contributed by atoms with van der Waals surface area (Å²) in [5.41, 5.74) is 1.06. The Balaban J connectivity index is 2.17. The first-order chi connectivity index (χ1) is 7.65. The van der Waals surface area contributed by atoms with Gasteiger partial charge in [0.1, 0.15) is 17.8 Å². The van der Waals surface area contributed by atoms with Crippen LogP contribution in [-0.4, -0.2) is 10.8 Å². The minimum atomic E-state index is -0.296. The van der Waals surface area contributed by atoms with Gasteiger partial charge in [0.15, 0.2) is 11.7 Å². The van der Waals surface area contributed by atoms with E-state index in [1.54, 1.807) is 12.1 Å². The maximum atomic E-state index is 12.9. The average Bonchev–Trinajstić information content (AvgIpc) is 2.66. The molecule has 0 N–H and O–H groups in total. The molecule has 0 fully saturated rings. The van der Waals surface area contributed by atoms with Crippen LogP contribution in [0.25, 0.3) is 0 Å². The van der Waals surface area contributed by atoms with E-state index in [0.29, 0.717) is 18.0 Å². The van der Waals surface area contributed by atoms with E-state index in [0.717, 1.165) is 5.56 Å². The number of aromatic nitrogens is 1. The van der Waals surface area contributed by atoms with Gasteiger partial charge in [-0.05, 0) is 17.7 Å². The summed E-state index contributed by atoms with van der Waals surface area (Å²) in [5, 5.41) is 0. The number of hydrogen-bond acceptors (Lipinski definition) is 3. The summed E-state index contributed by atoms with van der Waals surface area (Å²) in [6.45, 7) is 1.42. The van der Waals surface area contributed by atoms with Crippen molar-refractivity contribution >= 4 is 5.78 Å². The first-order valence-electron chi connectivity index (χ1n) is 4.85. The Hall–Kier alpha value is -1.97. The van der Waals surface area contributed by atoms with Crippen molar-refractivity contribution in [2.24, 2.45) is 0 Å². The molecule has 0 saturated carbocycles. The first kappa shape index (κ1) is 10.5. The molecule has 0 aliphatic carbocycles. The monoisotopic (exact) mass is 219 g/mol. The van der Waals surface area contributed by atoms with E-state index < -0.39 is 0 Å². The highest BCUT2D eigenvalue weighted by Crippen LogP contribution is 2.11. The summed E-state index contributed by atoms with van der Waals surface area (Å²) < 4.78 is 18.0. The molecule has 0 radical (unpaired) electrons. The Morgan fingerprint density at radius 2 is 2.31 bits per heavy atom. The molecule has 2 aromatic rings. The first-order valence-corrected chi connectivity index (χ1v) is 4.85. The molecule has 0 amide bonds. The van der Waals surface area contributed by atoms with Crippen molar-refractivity contribution in [2.75, 3.05) is 0 Å². The number of ketones is 1. The molecular weight excluding hydrogens is 209 g/mol. The molecule has 0 spiro atoms. The van der Waals surface area contributed by atoms with Gasteiger partial charge in [-0.15, -0.1) is 0 Å². The number of carbonyl (C=O) groups excluding carboxylic acids is 1. The second-order valence-corrected chi connectivity index (χ2v) is 3.49. The number of rotatable bonds is 3. The molecule has 1 aromatic carbocycles. The number of hydrogen-bond donors (Lipinski definition) is 0. The summed E-state index contributed by atoms with van der Waals surface area (Å²) in [6, 6.07) is 6.19. The summed E-state index contributed by atoms with van der Waals surface area (Å²) in [6.07, 6.45) is 1.70. The number of halogens is 1. The van der Waals surface area contributed by atoms with Crippen molar-refractivity contribution < 1.29 is 13.6 Å². The van der Waals surface area contributed by atoms with Crippen LogP contribution in [0.4, 0.5) is 4.39 Å². The maximum Gasteiger partial charge on any atom is 0.199 e. The van der Waals surface area contributed by atoms with Crippen LogP contribution < -0.4 is 0 Å². The number of benzene rings is 1. The van der Waals surface area contributed by atoms with E-state index in [1.807, 2.05) is 0 Å². The van der Waals surface area contributed by atoms with Gasteiger partial charge in [0.2, 0.25) is 0 Å². The van der Waals surface area contributed by atoms with Gasteiger partial charge in [0, 0.05) is 13.3 Å².